The minimum atomic E-state index is -0.806. The lowest BCUT2D eigenvalue weighted by atomic mass is 9.96. The number of fused-ring (bicyclic) bond motifs is 1. The number of nitrogens with zero attached hydrogens (tertiary/aromatic N) is 2. The van der Waals surface area contributed by atoms with Crippen molar-refractivity contribution in [3.63, 3.8) is 0 Å². The van der Waals surface area contributed by atoms with Gasteiger partial charge in [-0.2, -0.15) is 0 Å². The first-order valence-electron chi connectivity index (χ1n) is 14.8. The van der Waals surface area contributed by atoms with Crippen LogP contribution < -0.4 is 0 Å². The molecule has 3 atom stereocenters. The molecule has 1 aromatic heterocycles. The van der Waals surface area contributed by atoms with Crippen LogP contribution >= 0.6 is 0 Å². The summed E-state index contributed by atoms with van der Waals surface area (Å²) < 4.78 is 16.7. The summed E-state index contributed by atoms with van der Waals surface area (Å²) in [6.07, 6.45) is 9.06. The molecule has 0 aliphatic heterocycles. The number of unbranched alkanes of at least 4 members (excludes halogenated alkanes) is 3. The topological polar surface area (TPSA) is 104 Å². The number of benzene rings is 1. The van der Waals surface area contributed by atoms with E-state index in [0.29, 0.717) is 12.3 Å². The van der Waals surface area contributed by atoms with E-state index in [2.05, 4.69) is 36.7 Å². The fourth-order valence-corrected chi connectivity index (χ4v) is 4.93. The molecular formula is C32H48N2O7. The third kappa shape index (κ3) is 12.9. The van der Waals surface area contributed by atoms with Crippen molar-refractivity contribution in [2.75, 3.05) is 33.9 Å². The zero-order valence-electron chi connectivity index (χ0n) is 25.4. The molecule has 0 saturated carbocycles. The van der Waals surface area contributed by atoms with E-state index in [9.17, 15) is 19.2 Å². The fraction of sp³-hybridized carbons (Fsp3) is 0.625. The van der Waals surface area contributed by atoms with Gasteiger partial charge in [-0.05, 0) is 44.0 Å². The number of carbonyl (C=O) groups is 4. The molecule has 2 rings (SSSR count). The maximum atomic E-state index is 13.2. The molecule has 9 nitrogen and oxygen atoms in total. The molecule has 0 aliphatic carbocycles. The predicted octanol–water partition coefficient (Wildman–Crippen LogP) is 5.43. The average Bonchev–Trinajstić information content (AvgIpc) is 3.29. The number of rotatable bonds is 20. The quantitative estimate of drug-likeness (QED) is 0.0896. The molecule has 0 radical (unpaired) electrons. The van der Waals surface area contributed by atoms with Crippen molar-refractivity contribution in [2.45, 2.75) is 84.7 Å². The van der Waals surface area contributed by atoms with Crippen LogP contribution in [0.25, 0.3) is 10.9 Å². The average molecular weight is 573 g/mol. The second-order valence-corrected chi connectivity index (χ2v) is 11.4. The van der Waals surface area contributed by atoms with Crippen molar-refractivity contribution in [2.24, 2.45) is 11.8 Å². The standard InChI is InChI=1S/C32H48N2O7/c1-24(18-31(37)34-20-27(16-17-33(4)5)29-14-10-11-15-30(29)34)12-8-6-7-9-13-25(2)19-32(38)41-28(21-39-23-35)22-40-26(3)36/h10-11,14-15,20,23-25,28H,6-9,12-13,16-19,21-22H2,1-5H3. The van der Waals surface area contributed by atoms with Crippen molar-refractivity contribution >= 4 is 35.2 Å². The molecule has 0 saturated heterocycles. The first-order valence-corrected chi connectivity index (χ1v) is 14.8. The molecule has 0 amide bonds. The molecule has 0 fully saturated rings. The molecule has 0 aliphatic rings. The van der Waals surface area contributed by atoms with Crippen molar-refractivity contribution in [1.82, 2.24) is 9.47 Å². The number of likely N-dealkylation sites (N-methyl/N-ethyl adjacent to an activating group) is 1. The van der Waals surface area contributed by atoms with Crippen LogP contribution in [0.15, 0.2) is 30.5 Å². The molecule has 0 spiro atoms. The molecule has 1 aromatic carbocycles. The van der Waals surface area contributed by atoms with Gasteiger partial charge in [0.1, 0.15) is 13.2 Å². The van der Waals surface area contributed by atoms with Crippen LogP contribution in [0, 0.1) is 11.8 Å². The van der Waals surface area contributed by atoms with E-state index in [0.717, 1.165) is 62.4 Å². The Balaban J connectivity index is 1.67. The van der Waals surface area contributed by atoms with E-state index in [-0.39, 0.29) is 37.9 Å². The Morgan fingerprint density at radius 1 is 0.951 bits per heavy atom. The third-order valence-corrected chi connectivity index (χ3v) is 7.19. The van der Waals surface area contributed by atoms with Gasteiger partial charge in [-0.3, -0.25) is 23.7 Å². The molecule has 1 heterocycles. The Kier molecular flexibility index (Phi) is 15.2. The Bertz CT molecular complexity index is 1110. The summed E-state index contributed by atoms with van der Waals surface area (Å²) in [5, 5.41) is 1.16. The monoisotopic (exact) mass is 572 g/mol. The normalized spacial score (nSPS) is 13.5. The highest BCUT2D eigenvalue weighted by Gasteiger charge is 2.19. The van der Waals surface area contributed by atoms with Crippen LogP contribution in [0.5, 0.6) is 0 Å². The van der Waals surface area contributed by atoms with E-state index in [1.807, 2.05) is 35.9 Å². The van der Waals surface area contributed by atoms with Crippen LogP contribution in [0.3, 0.4) is 0 Å². The Labute approximate surface area is 244 Å². The number of ether oxygens (including phenoxy) is 3. The zero-order chi connectivity index (χ0) is 30.2. The zero-order valence-corrected chi connectivity index (χ0v) is 25.4. The minimum absolute atomic E-state index is 0.146. The second-order valence-electron chi connectivity index (χ2n) is 11.4. The number of hydrogen-bond donors (Lipinski definition) is 0. The van der Waals surface area contributed by atoms with Crippen LogP contribution in [0.1, 0.15) is 82.5 Å². The van der Waals surface area contributed by atoms with E-state index in [1.54, 1.807) is 0 Å². The maximum Gasteiger partial charge on any atom is 0.306 e. The Hall–Kier alpha value is -3.20. The van der Waals surface area contributed by atoms with Gasteiger partial charge < -0.3 is 19.1 Å². The lowest BCUT2D eigenvalue weighted by Gasteiger charge is -2.18. The van der Waals surface area contributed by atoms with Crippen LogP contribution in [0.4, 0.5) is 0 Å². The Morgan fingerprint density at radius 2 is 1.61 bits per heavy atom. The van der Waals surface area contributed by atoms with Gasteiger partial charge in [-0.25, -0.2) is 0 Å². The Morgan fingerprint density at radius 3 is 2.24 bits per heavy atom. The summed E-state index contributed by atoms with van der Waals surface area (Å²) in [4.78, 5) is 49.1. The summed E-state index contributed by atoms with van der Waals surface area (Å²) in [5.74, 6) is -0.280. The van der Waals surface area contributed by atoms with Gasteiger partial charge in [0.2, 0.25) is 5.91 Å². The summed E-state index contributed by atoms with van der Waals surface area (Å²) in [6, 6.07) is 8.15. The van der Waals surface area contributed by atoms with Gasteiger partial charge in [-0.1, -0.05) is 70.6 Å². The van der Waals surface area contributed by atoms with E-state index in [4.69, 9.17) is 9.47 Å². The number of para-hydroxylation sites is 1. The first-order chi connectivity index (χ1) is 19.6. The minimum Gasteiger partial charge on any atom is -0.464 e. The van der Waals surface area contributed by atoms with E-state index >= 15 is 0 Å². The van der Waals surface area contributed by atoms with E-state index in [1.165, 1.54) is 12.5 Å². The number of aromatic nitrogens is 1. The maximum absolute atomic E-state index is 13.2. The van der Waals surface area contributed by atoms with Crippen LogP contribution in [-0.2, 0) is 35.0 Å². The summed E-state index contributed by atoms with van der Waals surface area (Å²) in [7, 11) is 4.12. The molecular weight excluding hydrogens is 524 g/mol. The van der Waals surface area contributed by atoms with Crippen molar-refractivity contribution in [3.05, 3.63) is 36.0 Å². The summed E-state index contributed by atoms with van der Waals surface area (Å²) >= 11 is 0. The highest BCUT2D eigenvalue weighted by molar-refractivity contribution is 5.94. The number of carbonyl (C=O) groups excluding carboxylic acids is 4. The predicted molar refractivity (Wildman–Crippen MR) is 159 cm³/mol. The lowest BCUT2D eigenvalue weighted by Crippen LogP contribution is -2.29. The second kappa shape index (κ2) is 18.3. The lowest BCUT2D eigenvalue weighted by molar-refractivity contribution is -0.163. The van der Waals surface area contributed by atoms with Crippen molar-refractivity contribution < 1.29 is 33.4 Å². The fourth-order valence-electron chi connectivity index (χ4n) is 4.93. The highest BCUT2D eigenvalue weighted by atomic mass is 16.6. The number of esters is 2. The SMILES string of the molecule is CC(=O)OCC(COC=O)OC(=O)CC(C)CCCCCCC(C)CC(=O)n1cc(CCN(C)C)c2ccccc21. The van der Waals surface area contributed by atoms with Gasteiger partial charge >= 0.3 is 11.9 Å². The van der Waals surface area contributed by atoms with Gasteiger partial charge in [0.25, 0.3) is 6.47 Å². The van der Waals surface area contributed by atoms with Gasteiger partial charge in [0.15, 0.2) is 6.10 Å². The van der Waals surface area contributed by atoms with Crippen molar-refractivity contribution in [1.29, 1.82) is 0 Å². The van der Waals surface area contributed by atoms with Gasteiger partial charge in [-0.15, -0.1) is 0 Å². The molecule has 3 unspecified atom stereocenters. The van der Waals surface area contributed by atoms with Crippen molar-refractivity contribution in [3.8, 4) is 0 Å². The van der Waals surface area contributed by atoms with Gasteiger partial charge in [0, 0.05) is 37.9 Å². The van der Waals surface area contributed by atoms with Gasteiger partial charge in [0.05, 0.1) is 5.52 Å². The third-order valence-electron chi connectivity index (χ3n) is 7.19. The molecule has 9 heteroatoms. The largest absolute Gasteiger partial charge is 0.464 e. The summed E-state index contributed by atoms with van der Waals surface area (Å²) in [5.41, 5.74) is 2.21. The molecule has 228 valence electrons. The highest BCUT2D eigenvalue weighted by Crippen LogP contribution is 2.24. The van der Waals surface area contributed by atoms with Crippen LogP contribution in [-0.4, -0.2) is 73.7 Å². The molecule has 2 aromatic rings. The summed E-state index contributed by atoms with van der Waals surface area (Å²) in [6.45, 7) is 6.33. The van der Waals surface area contributed by atoms with Crippen LogP contribution in [0.2, 0.25) is 0 Å². The molecule has 0 bridgehead atoms. The smallest absolute Gasteiger partial charge is 0.306 e. The number of hydrogen-bond acceptors (Lipinski definition) is 8. The molecule has 0 N–H and O–H groups in total. The van der Waals surface area contributed by atoms with E-state index < -0.39 is 18.0 Å². The molecule has 41 heavy (non-hydrogen) atoms. The first kappa shape index (κ1) is 34.0.